The summed E-state index contributed by atoms with van der Waals surface area (Å²) in [6.45, 7) is -0.0836. The third kappa shape index (κ3) is 2.19. The van der Waals surface area contributed by atoms with Gasteiger partial charge in [0.1, 0.15) is 0 Å². The van der Waals surface area contributed by atoms with Crippen LogP contribution in [0.5, 0.6) is 5.75 Å². The van der Waals surface area contributed by atoms with E-state index >= 15 is 0 Å². The summed E-state index contributed by atoms with van der Waals surface area (Å²) >= 11 is 0. The first-order chi connectivity index (χ1) is 8.67. The predicted molar refractivity (Wildman–Crippen MR) is 64.3 cm³/mol. The minimum atomic E-state index is -0.999. The molecule has 0 aromatic heterocycles. The van der Waals surface area contributed by atoms with Crippen LogP contribution in [0.4, 0.5) is 8.78 Å². The van der Waals surface area contributed by atoms with Gasteiger partial charge in [0.15, 0.2) is 11.6 Å². The number of halogens is 2. The van der Waals surface area contributed by atoms with E-state index in [0.717, 1.165) is 0 Å². The highest BCUT2D eigenvalue weighted by atomic mass is 19.2. The Morgan fingerprint density at radius 2 is 1.67 bits per heavy atom. The molecule has 0 aliphatic heterocycles. The van der Waals surface area contributed by atoms with E-state index in [-0.39, 0.29) is 17.9 Å². The number of benzene rings is 2. The highest BCUT2D eigenvalue weighted by Crippen LogP contribution is 2.29. The Kier molecular flexibility index (Phi) is 3.58. The number of ether oxygens (including phenoxy) is 1. The van der Waals surface area contributed by atoms with Crippen molar-refractivity contribution in [3.05, 3.63) is 53.6 Å². The second-order valence-electron chi connectivity index (χ2n) is 3.80. The molecule has 0 fully saturated rings. The standard InChI is InChI=1S/C14H12F2O2/c1-18-12-7-6-11(13(15)14(12)16)10-4-2-9(8-17)3-5-10/h2-7,17H,8H2,1H3. The fourth-order valence-corrected chi connectivity index (χ4v) is 1.70. The fraction of sp³-hybridized carbons (Fsp3) is 0.143. The lowest BCUT2D eigenvalue weighted by molar-refractivity contribution is 0.282. The quantitative estimate of drug-likeness (QED) is 0.906. The molecule has 2 nitrogen and oxygen atoms in total. The molecule has 0 spiro atoms. The number of hydrogen-bond acceptors (Lipinski definition) is 2. The van der Waals surface area contributed by atoms with Crippen molar-refractivity contribution in [3.8, 4) is 16.9 Å². The molecule has 0 bridgehead atoms. The van der Waals surface area contributed by atoms with Crippen LogP contribution in [-0.4, -0.2) is 12.2 Å². The first kappa shape index (κ1) is 12.5. The summed E-state index contributed by atoms with van der Waals surface area (Å²) in [5.74, 6) is -2.06. The highest BCUT2D eigenvalue weighted by molar-refractivity contribution is 5.65. The summed E-state index contributed by atoms with van der Waals surface area (Å²) in [6, 6.07) is 9.44. The zero-order valence-electron chi connectivity index (χ0n) is 9.78. The van der Waals surface area contributed by atoms with Gasteiger partial charge < -0.3 is 9.84 Å². The molecule has 0 saturated heterocycles. The van der Waals surface area contributed by atoms with E-state index in [1.165, 1.54) is 19.2 Å². The number of hydrogen-bond donors (Lipinski definition) is 1. The largest absolute Gasteiger partial charge is 0.494 e. The van der Waals surface area contributed by atoms with Crippen LogP contribution in [0.2, 0.25) is 0 Å². The molecule has 0 saturated carbocycles. The summed E-state index contributed by atoms with van der Waals surface area (Å²) in [7, 11) is 1.29. The Hall–Kier alpha value is -1.94. The van der Waals surface area contributed by atoms with Gasteiger partial charge >= 0.3 is 0 Å². The van der Waals surface area contributed by atoms with Crippen LogP contribution in [0.25, 0.3) is 11.1 Å². The predicted octanol–water partition coefficient (Wildman–Crippen LogP) is 3.13. The molecule has 2 aromatic carbocycles. The van der Waals surface area contributed by atoms with Crippen LogP contribution in [-0.2, 0) is 6.61 Å². The van der Waals surface area contributed by atoms with Crippen LogP contribution in [0.15, 0.2) is 36.4 Å². The Bertz CT molecular complexity index is 550. The van der Waals surface area contributed by atoms with Crippen molar-refractivity contribution in [2.75, 3.05) is 7.11 Å². The minimum Gasteiger partial charge on any atom is -0.494 e. The van der Waals surface area contributed by atoms with Gasteiger partial charge in [-0.05, 0) is 23.3 Å². The van der Waals surface area contributed by atoms with Gasteiger partial charge in [0, 0.05) is 5.56 Å². The summed E-state index contributed by atoms with van der Waals surface area (Å²) in [5, 5.41) is 8.92. The average molecular weight is 250 g/mol. The summed E-state index contributed by atoms with van der Waals surface area (Å²) in [5.41, 5.74) is 1.43. The lowest BCUT2D eigenvalue weighted by Gasteiger charge is -2.08. The summed E-state index contributed by atoms with van der Waals surface area (Å²) in [4.78, 5) is 0. The third-order valence-electron chi connectivity index (χ3n) is 2.71. The first-order valence-corrected chi connectivity index (χ1v) is 5.39. The van der Waals surface area contributed by atoms with Crippen molar-refractivity contribution in [3.63, 3.8) is 0 Å². The molecule has 0 atom stereocenters. The van der Waals surface area contributed by atoms with E-state index in [1.54, 1.807) is 24.3 Å². The maximum absolute atomic E-state index is 13.8. The van der Waals surface area contributed by atoms with Gasteiger partial charge in [0.25, 0.3) is 0 Å². The van der Waals surface area contributed by atoms with E-state index in [2.05, 4.69) is 0 Å². The van der Waals surface area contributed by atoms with Gasteiger partial charge in [-0.25, -0.2) is 4.39 Å². The van der Waals surface area contributed by atoms with Gasteiger partial charge in [0.2, 0.25) is 5.82 Å². The SMILES string of the molecule is COc1ccc(-c2ccc(CO)cc2)c(F)c1F. The third-order valence-corrected chi connectivity index (χ3v) is 2.71. The Labute approximate surface area is 103 Å². The molecule has 1 N–H and O–H groups in total. The van der Waals surface area contributed by atoms with Crippen LogP contribution in [0.1, 0.15) is 5.56 Å². The van der Waals surface area contributed by atoms with Crippen molar-refractivity contribution < 1.29 is 18.6 Å². The minimum absolute atomic E-state index is 0.0836. The molecule has 0 unspecified atom stereocenters. The molecular formula is C14H12F2O2. The van der Waals surface area contributed by atoms with Crippen molar-refractivity contribution in [1.29, 1.82) is 0 Å². The number of aliphatic hydroxyl groups excluding tert-OH is 1. The molecule has 2 rings (SSSR count). The number of methoxy groups -OCH3 is 1. The van der Waals surface area contributed by atoms with E-state index in [1.807, 2.05) is 0 Å². The van der Waals surface area contributed by atoms with Crippen LogP contribution in [0, 0.1) is 11.6 Å². The molecule has 4 heteroatoms. The summed E-state index contributed by atoms with van der Waals surface area (Å²) in [6.07, 6.45) is 0. The molecule has 0 radical (unpaired) electrons. The molecular weight excluding hydrogens is 238 g/mol. The molecule has 0 heterocycles. The maximum atomic E-state index is 13.8. The van der Waals surface area contributed by atoms with Crippen LogP contribution >= 0.6 is 0 Å². The van der Waals surface area contributed by atoms with Gasteiger partial charge in [-0.1, -0.05) is 24.3 Å². The van der Waals surface area contributed by atoms with E-state index < -0.39 is 11.6 Å². The molecule has 0 aliphatic rings. The zero-order chi connectivity index (χ0) is 13.1. The van der Waals surface area contributed by atoms with E-state index in [4.69, 9.17) is 9.84 Å². The molecule has 0 amide bonds. The monoisotopic (exact) mass is 250 g/mol. The number of rotatable bonds is 3. The zero-order valence-corrected chi connectivity index (χ0v) is 9.78. The molecule has 18 heavy (non-hydrogen) atoms. The maximum Gasteiger partial charge on any atom is 0.201 e. The van der Waals surface area contributed by atoms with Crippen LogP contribution in [0.3, 0.4) is 0 Å². The molecule has 0 aliphatic carbocycles. The Balaban J connectivity index is 2.47. The van der Waals surface area contributed by atoms with Gasteiger partial charge in [-0.3, -0.25) is 0 Å². The highest BCUT2D eigenvalue weighted by Gasteiger charge is 2.14. The fourth-order valence-electron chi connectivity index (χ4n) is 1.70. The molecule has 94 valence electrons. The number of aliphatic hydroxyl groups is 1. The van der Waals surface area contributed by atoms with Crippen molar-refractivity contribution in [1.82, 2.24) is 0 Å². The Morgan fingerprint density at radius 1 is 1.00 bits per heavy atom. The smallest absolute Gasteiger partial charge is 0.201 e. The van der Waals surface area contributed by atoms with Gasteiger partial charge in [-0.15, -0.1) is 0 Å². The molecule has 2 aromatic rings. The Morgan fingerprint density at radius 3 is 2.22 bits per heavy atom. The van der Waals surface area contributed by atoms with Gasteiger partial charge in [-0.2, -0.15) is 4.39 Å². The second kappa shape index (κ2) is 5.14. The van der Waals surface area contributed by atoms with E-state index in [9.17, 15) is 8.78 Å². The average Bonchev–Trinajstić information content (AvgIpc) is 2.42. The summed E-state index contributed by atoms with van der Waals surface area (Å²) < 4.78 is 32.1. The van der Waals surface area contributed by atoms with E-state index in [0.29, 0.717) is 11.1 Å². The van der Waals surface area contributed by atoms with Crippen molar-refractivity contribution in [2.24, 2.45) is 0 Å². The normalized spacial score (nSPS) is 10.4. The topological polar surface area (TPSA) is 29.5 Å². The second-order valence-corrected chi connectivity index (χ2v) is 3.80. The lowest BCUT2D eigenvalue weighted by atomic mass is 10.0. The van der Waals surface area contributed by atoms with Crippen molar-refractivity contribution >= 4 is 0 Å². The van der Waals surface area contributed by atoms with Crippen LogP contribution < -0.4 is 4.74 Å². The first-order valence-electron chi connectivity index (χ1n) is 5.39. The van der Waals surface area contributed by atoms with Gasteiger partial charge in [0.05, 0.1) is 13.7 Å². The van der Waals surface area contributed by atoms with Crippen molar-refractivity contribution in [2.45, 2.75) is 6.61 Å². The lowest BCUT2D eigenvalue weighted by Crippen LogP contribution is -1.95.